The van der Waals surface area contributed by atoms with Crippen LogP contribution >= 0.6 is 11.3 Å². The van der Waals surface area contributed by atoms with Crippen molar-refractivity contribution in [2.45, 2.75) is 51.0 Å². The Morgan fingerprint density at radius 2 is 1.46 bits per heavy atom. The number of para-hydroxylation sites is 1. The van der Waals surface area contributed by atoms with Gasteiger partial charge in [0.15, 0.2) is 23.6 Å². The number of hydrogen-bond acceptors (Lipinski definition) is 1. The third-order valence-corrected chi connectivity index (χ3v) is 14.7. The maximum Gasteiger partial charge on any atom is 0.218 e. The van der Waals surface area contributed by atoms with Crippen molar-refractivity contribution >= 4 is 75.3 Å². The zero-order valence-electron chi connectivity index (χ0n) is 30.8. The summed E-state index contributed by atoms with van der Waals surface area (Å²) >= 11 is 1.94. The Morgan fingerprint density at radius 1 is 0.667 bits per heavy atom. The van der Waals surface area contributed by atoms with Gasteiger partial charge in [0.25, 0.3) is 0 Å². The number of aromatic nitrogens is 3. The van der Waals surface area contributed by atoms with Crippen LogP contribution in [0.15, 0.2) is 140 Å². The zero-order chi connectivity index (χ0) is 36.1. The number of rotatable bonds is 0. The maximum atomic E-state index is 4.83. The summed E-state index contributed by atoms with van der Waals surface area (Å²) in [5, 5.41) is 8.15. The Bertz CT molecular complexity index is 3270. The van der Waals surface area contributed by atoms with E-state index < -0.39 is 0 Å². The second kappa shape index (κ2) is 10.4. The van der Waals surface area contributed by atoms with E-state index in [1.807, 2.05) is 11.3 Å². The van der Waals surface area contributed by atoms with E-state index in [4.69, 9.17) is 6.58 Å². The van der Waals surface area contributed by atoms with Crippen LogP contribution < -0.4 is 9.13 Å². The first-order chi connectivity index (χ1) is 26.3. The third-order valence-electron chi connectivity index (χ3n) is 13.6. The number of aryl methyl sites for hydroxylation is 2. The minimum atomic E-state index is -0.298. The highest BCUT2D eigenvalue weighted by molar-refractivity contribution is 7.26. The molecule has 3 nitrogen and oxygen atoms in total. The van der Waals surface area contributed by atoms with Crippen molar-refractivity contribution < 1.29 is 9.13 Å². The number of hydrogen-bond donors (Lipinski definition) is 0. The molecule has 54 heavy (non-hydrogen) atoms. The minimum absolute atomic E-state index is 0.232. The van der Waals surface area contributed by atoms with E-state index in [0.717, 1.165) is 25.0 Å². The SMILES string of the molecule is C=C1CC2(C)[n+]3ccccc3-c3cc4c5cc6sc7cc(C)ccc7c6c6c7ccccc7n(c4cc3C2(C)CCc2ccccc2-c2cccc[n+]21)c56. The molecule has 0 saturated carbocycles. The number of allylic oxidation sites excluding steroid dienone is 1. The van der Waals surface area contributed by atoms with E-state index in [-0.39, 0.29) is 11.0 Å². The van der Waals surface area contributed by atoms with Crippen LogP contribution in [0.1, 0.15) is 43.4 Å². The van der Waals surface area contributed by atoms with Crippen LogP contribution in [0.5, 0.6) is 0 Å². The van der Waals surface area contributed by atoms with Crippen molar-refractivity contribution in [2.75, 3.05) is 0 Å². The van der Waals surface area contributed by atoms with Crippen molar-refractivity contribution in [2.24, 2.45) is 0 Å². The van der Waals surface area contributed by atoms with Crippen LogP contribution in [-0.4, -0.2) is 4.40 Å². The van der Waals surface area contributed by atoms with Crippen LogP contribution in [-0.2, 0) is 17.4 Å². The highest BCUT2D eigenvalue weighted by atomic mass is 32.1. The molecular weight excluding hydrogens is 675 g/mol. The van der Waals surface area contributed by atoms with Gasteiger partial charge in [-0.15, -0.1) is 11.3 Å². The predicted molar refractivity (Wildman–Crippen MR) is 226 cm³/mol. The molecular formula is C50H39N3S+2. The average Bonchev–Trinajstić information content (AvgIpc) is 3.84. The van der Waals surface area contributed by atoms with E-state index in [9.17, 15) is 0 Å². The van der Waals surface area contributed by atoms with Crippen molar-refractivity contribution in [1.82, 2.24) is 4.40 Å². The van der Waals surface area contributed by atoms with E-state index >= 15 is 0 Å². The smallest absolute Gasteiger partial charge is 0.218 e. The fraction of sp³-hybridized carbons (Fsp3) is 0.160. The maximum absolute atomic E-state index is 4.83. The quantitative estimate of drug-likeness (QED) is 0.139. The molecule has 2 aliphatic rings. The van der Waals surface area contributed by atoms with Crippen molar-refractivity contribution in [3.05, 3.63) is 157 Å². The van der Waals surface area contributed by atoms with Crippen molar-refractivity contribution in [1.29, 1.82) is 0 Å². The molecule has 0 amide bonds. The van der Waals surface area contributed by atoms with Gasteiger partial charge in [0, 0.05) is 78.5 Å². The second-order valence-electron chi connectivity index (χ2n) is 16.3. The molecule has 5 aromatic carbocycles. The highest BCUT2D eigenvalue weighted by Crippen LogP contribution is 2.54. The molecule has 2 aliphatic heterocycles. The van der Waals surface area contributed by atoms with Gasteiger partial charge in [-0.2, -0.15) is 9.13 Å². The second-order valence-corrected chi connectivity index (χ2v) is 17.4. The lowest BCUT2D eigenvalue weighted by molar-refractivity contribution is -0.766. The van der Waals surface area contributed by atoms with Crippen LogP contribution in [0, 0.1) is 6.92 Å². The summed E-state index contributed by atoms with van der Waals surface area (Å²) in [5.41, 5.74) is 13.8. The molecule has 0 bridgehead atoms. The molecule has 0 radical (unpaired) electrons. The molecule has 0 saturated heterocycles. The molecule has 7 heterocycles. The molecule has 2 unspecified atom stereocenters. The first-order valence-electron chi connectivity index (χ1n) is 19.2. The molecule has 0 aliphatic carbocycles. The van der Waals surface area contributed by atoms with Crippen LogP contribution in [0.2, 0.25) is 0 Å². The fourth-order valence-corrected chi connectivity index (χ4v) is 12.0. The Labute approximate surface area is 318 Å². The Balaban J connectivity index is 1.20. The average molecular weight is 714 g/mol. The van der Waals surface area contributed by atoms with Gasteiger partial charge in [0.2, 0.25) is 11.4 Å². The first kappa shape index (κ1) is 30.6. The largest absolute Gasteiger partial charge is 0.308 e. The number of benzene rings is 5. The van der Waals surface area contributed by atoms with Gasteiger partial charge in [-0.1, -0.05) is 48.5 Å². The lowest BCUT2D eigenvalue weighted by atomic mass is 9.59. The minimum Gasteiger partial charge on any atom is -0.308 e. The lowest BCUT2D eigenvalue weighted by Gasteiger charge is -2.47. The number of thiophene rings is 1. The molecule has 2 atom stereocenters. The summed E-state index contributed by atoms with van der Waals surface area (Å²) in [7, 11) is 0. The topological polar surface area (TPSA) is 12.2 Å². The Morgan fingerprint density at radius 3 is 2.37 bits per heavy atom. The Hall–Kier alpha value is -5.84. The van der Waals surface area contributed by atoms with Gasteiger partial charge < -0.3 is 4.40 Å². The van der Waals surface area contributed by atoms with E-state index in [0.29, 0.717) is 0 Å². The first-order valence-corrected chi connectivity index (χ1v) is 20.0. The normalized spacial score (nSPS) is 19.7. The summed E-state index contributed by atoms with van der Waals surface area (Å²) in [5.74, 6) is 0. The van der Waals surface area contributed by atoms with Gasteiger partial charge >= 0.3 is 0 Å². The van der Waals surface area contributed by atoms with Crippen LogP contribution in [0.3, 0.4) is 0 Å². The number of nitrogens with zero attached hydrogens (tertiary/aromatic N) is 3. The van der Waals surface area contributed by atoms with Crippen molar-refractivity contribution in [3.8, 4) is 22.5 Å². The summed E-state index contributed by atoms with van der Waals surface area (Å²) in [4.78, 5) is 0. The lowest BCUT2D eigenvalue weighted by Crippen LogP contribution is -2.68. The molecule has 5 aromatic heterocycles. The predicted octanol–water partition coefficient (Wildman–Crippen LogP) is 11.9. The molecule has 258 valence electrons. The summed E-state index contributed by atoms with van der Waals surface area (Å²) in [6.45, 7) is 12.1. The summed E-state index contributed by atoms with van der Waals surface area (Å²) in [6.07, 6.45) is 7.32. The van der Waals surface area contributed by atoms with E-state index in [2.05, 4.69) is 168 Å². The van der Waals surface area contributed by atoms with Crippen LogP contribution in [0.25, 0.3) is 86.5 Å². The van der Waals surface area contributed by atoms with E-state index in [1.54, 1.807) is 0 Å². The summed E-state index contributed by atoms with van der Waals surface area (Å²) in [6, 6.07) is 46.0. The fourth-order valence-electron chi connectivity index (χ4n) is 10.8. The van der Waals surface area contributed by atoms with Gasteiger partial charge in [-0.25, -0.2) is 0 Å². The standard InChI is InChI=1S/C50H39N3S/c1-30-19-20-35-44(25-30)54-45-27-37-36-26-38-39(28-43(36)53-42-18-8-7-15-34(42)47(46(35)45)48(37)53)49(3)22-21-32-13-5-6-14-33(32)40-16-9-11-23-51(40)31(2)29-50(49,4)52-24-12-10-17-41(38)52/h5-20,23-28H,2,21-22,29H2,1,3-4H3/q+2. The number of fused-ring (bicyclic) bond motifs is 19. The molecule has 10 aromatic rings. The van der Waals surface area contributed by atoms with Crippen LogP contribution in [0.4, 0.5) is 0 Å². The van der Waals surface area contributed by atoms with Gasteiger partial charge in [0.05, 0.1) is 33.9 Å². The van der Waals surface area contributed by atoms with E-state index in [1.165, 1.54) is 97.5 Å². The molecule has 0 fully saturated rings. The van der Waals surface area contributed by atoms with Gasteiger partial charge in [-0.05, 0) is 98.5 Å². The van der Waals surface area contributed by atoms with Gasteiger partial charge in [-0.3, -0.25) is 0 Å². The number of pyridine rings is 2. The third kappa shape index (κ3) is 3.72. The highest BCUT2D eigenvalue weighted by Gasteiger charge is 2.59. The molecule has 4 heteroatoms. The zero-order valence-corrected chi connectivity index (χ0v) is 31.6. The molecule has 0 spiro atoms. The Kier molecular flexibility index (Phi) is 5.91. The monoisotopic (exact) mass is 713 g/mol. The van der Waals surface area contributed by atoms with Crippen molar-refractivity contribution in [3.63, 3.8) is 0 Å². The molecule has 12 rings (SSSR count). The van der Waals surface area contributed by atoms with Gasteiger partial charge in [0.1, 0.15) is 0 Å². The molecule has 0 N–H and O–H groups in total. The summed E-state index contributed by atoms with van der Waals surface area (Å²) < 4.78 is 10.3.